The monoisotopic (exact) mass is 364 g/mol. The highest BCUT2D eigenvalue weighted by Gasteiger charge is 2.22. The largest absolute Gasteiger partial charge is 0.367 e. The van der Waals surface area contributed by atoms with Crippen molar-refractivity contribution in [3.05, 3.63) is 64.7 Å². The van der Waals surface area contributed by atoms with E-state index in [0.29, 0.717) is 31.2 Å². The van der Waals surface area contributed by atoms with E-state index in [1.165, 1.54) is 0 Å². The Kier molecular flexibility index (Phi) is 5.53. The number of hydrogen-bond acceptors (Lipinski definition) is 2. The molecule has 0 saturated carbocycles. The fourth-order valence-corrected chi connectivity index (χ4v) is 3.29. The van der Waals surface area contributed by atoms with Gasteiger partial charge in [0.25, 0.3) is 0 Å². The van der Waals surface area contributed by atoms with Crippen LogP contribution >= 0.6 is 11.6 Å². The van der Waals surface area contributed by atoms with E-state index in [9.17, 15) is 13.6 Å². The summed E-state index contributed by atoms with van der Waals surface area (Å²) in [6.45, 7) is 2.58. The van der Waals surface area contributed by atoms with Crippen LogP contribution in [0.5, 0.6) is 0 Å². The third-order valence-electron chi connectivity index (χ3n) is 4.44. The summed E-state index contributed by atoms with van der Waals surface area (Å²) >= 11 is 6.21. The Morgan fingerprint density at radius 2 is 1.76 bits per heavy atom. The Morgan fingerprint density at radius 3 is 2.48 bits per heavy atom. The smallest absolute Gasteiger partial charge is 0.223 e. The molecule has 0 spiro atoms. The van der Waals surface area contributed by atoms with Crippen molar-refractivity contribution in [1.29, 1.82) is 0 Å². The van der Waals surface area contributed by atoms with Gasteiger partial charge in [-0.1, -0.05) is 23.7 Å². The number of benzene rings is 2. The fraction of sp³-hybridized carbons (Fsp3) is 0.316. The SMILES string of the molecule is O=C(CCc1cc(F)ccc1F)N1CCN(c2ccccc2Cl)CC1. The van der Waals surface area contributed by atoms with Crippen LogP contribution in [0.1, 0.15) is 12.0 Å². The van der Waals surface area contributed by atoms with Crippen LogP contribution in [0.3, 0.4) is 0 Å². The average Bonchev–Trinajstić information content (AvgIpc) is 2.63. The second-order valence-electron chi connectivity index (χ2n) is 6.05. The molecule has 0 aromatic heterocycles. The number of nitrogens with zero attached hydrogens (tertiary/aromatic N) is 2. The first-order valence-electron chi connectivity index (χ1n) is 8.26. The molecule has 1 heterocycles. The Balaban J connectivity index is 1.53. The third kappa shape index (κ3) is 4.28. The van der Waals surface area contributed by atoms with Crippen LogP contribution in [0.2, 0.25) is 5.02 Å². The molecule has 25 heavy (non-hydrogen) atoms. The molecule has 132 valence electrons. The molecule has 0 N–H and O–H groups in total. The number of carbonyl (C=O) groups is 1. The number of carbonyl (C=O) groups excluding carboxylic acids is 1. The molecule has 1 fully saturated rings. The molecule has 0 radical (unpaired) electrons. The molecule has 1 aliphatic rings. The van der Waals surface area contributed by atoms with Gasteiger partial charge in [-0.2, -0.15) is 0 Å². The number of halogens is 3. The highest BCUT2D eigenvalue weighted by molar-refractivity contribution is 6.33. The summed E-state index contributed by atoms with van der Waals surface area (Å²) in [6.07, 6.45) is 0.375. The maximum absolute atomic E-state index is 13.6. The van der Waals surface area contributed by atoms with Gasteiger partial charge in [0.15, 0.2) is 0 Å². The molecular formula is C19H19ClF2N2O. The molecule has 3 rings (SSSR count). The maximum atomic E-state index is 13.6. The normalized spacial score (nSPS) is 14.7. The van der Waals surface area contributed by atoms with Crippen LogP contribution in [0.25, 0.3) is 0 Å². The molecule has 2 aromatic rings. The summed E-state index contributed by atoms with van der Waals surface area (Å²) in [6, 6.07) is 11.0. The van der Waals surface area contributed by atoms with E-state index >= 15 is 0 Å². The average molecular weight is 365 g/mol. The lowest BCUT2D eigenvalue weighted by Gasteiger charge is -2.36. The molecule has 0 aliphatic carbocycles. The van der Waals surface area contributed by atoms with Gasteiger partial charge in [-0.05, 0) is 42.3 Å². The first-order chi connectivity index (χ1) is 12.0. The number of para-hydroxylation sites is 1. The minimum atomic E-state index is -0.489. The summed E-state index contributed by atoms with van der Waals surface area (Å²) in [5.41, 5.74) is 1.21. The second kappa shape index (κ2) is 7.83. The number of piperazine rings is 1. The van der Waals surface area contributed by atoms with Crippen molar-refractivity contribution in [2.75, 3.05) is 31.1 Å². The second-order valence-corrected chi connectivity index (χ2v) is 6.46. The zero-order chi connectivity index (χ0) is 17.8. The molecule has 6 heteroatoms. The lowest BCUT2D eigenvalue weighted by molar-refractivity contribution is -0.131. The molecule has 0 atom stereocenters. The van der Waals surface area contributed by atoms with Gasteiger partial charge in [0.2, 0.25) is 5.91 Å². The quantitative estimate of drug-likeness (QED) is 0.821. The van der Waals surface area contributed by atoms with E-state index in [2.05, 4.69) is 4.90 Å². The van der Waals surface area contributed by atoms with E-state index in [-0.39, 0.29) is 24.3 Å². The van der Waals surface area contributed by atoms with Crippen molar-refractivity contribution in [3.63, 3.8) is 0 Å². The number of rotatable bonds is 4. The predicted molar refractivity (Wildman–Crippen MR) is 94.9 cm³/mol. The van der Waals surface area contributed by atoms with E-state index in [0.717, 1.165) is 23.9 Å². The molecule has 0 bridgehead atoms. The topological polar surface area (TPSA) is 23.6 Å². The number of amides is 1. The molecule has 1 saturated heterocycles. The van der Waals surface area contributed by atoms with E-state index in [1.807, 2.05) is 24.3 Å². The minimum Gasteiger partial charge on any atom is -0.367 e. The summed E-state index contributed by atoms with van der Waals surface area (Å²) in [7, 11) is 0. The number of aryl methyl sites for hydroxylation is 1. The van der Waals surface area contributed by atoms with Crippen molar-refractivity contribution in [2.45, 2.75) is 12.8 Å². The molecule has 1 amide bonds. The standard InChI is InChI=1S/C19H19ClF2N2O/c20-16-3-1-2-4-18(16)23-9-11-24(12-10-23)19(25)8-5-14-13-15(21)6-7-17(14)22/h1-4,6-7,13H,5,8-12H2. The van der Waals surface area contributed by atoms with Gasteiger partial charge in [-0.3, -0.25) is 4.79 Å². The van der Waals surface area contributed by atoms with Gasteiger partial charge in [-0.15, -0.1) is 0 Å². The molecule has 1 aliphatic heterocycles. The lowest BCUT2D eigenvalue weighted by atomic mass is 10.1. The van der Waals surface area contributed by atoms with Crippen LogP contribution in [0.4, 0.5) is 14.5 Å². The Hall–Kier alpha value is -2.14. The van der Waals surface area contributed by atoms with Gasteiger partial charge in [-0.25, -0.2) is 8.78 Å². The van der Waals surface area contributed by atoms with Crippen LogP contribution < -0.4 is 4.90 Å². The van der Waals surface area contributed by atoms with E-state index in [4.69, 9.17) is 11.6 Å². The molecule has 0 unspecified atom stereocenters. The Bertz CT molecular complexity index is 761. The third-order valence-corrected chi connectivity index (χ3v) is 4.76. The fourth-order valence-electron chi connectivity index (χ4n) is 3.04. The van der Waals surface area contributed by atoms with E-state index < -0.39 is 11.6 Å². The summed E-state index contributed by atoms with van der Waals surface area (Å²) < 4.78 is 26.8. The van der Waals surface area contributed by atoms with Gasteiger partial charge < -0.3 is 9.80 Å². The van der Waals surface area contributed by atoms with Gasteiger partial charge in [0.05, 0.1) is 10.7 Å². The van der Waals surface area contributed by atoms with Crippen molar-refractivity contribution in [1.82, 2.24) is 4.90 Å². The first kappa shape index (κ1) is 17.7. The predicted octanol–water partition coefficient (Wildman–Crippen LogP) is 3.90. The van der Waals surface area contributed by atoms with Gasteiger partial charge in [0.1, 0.15) is 11.6 Å². The van der Waals surface area contributed by atoms with Crippen molar-refractivity contribution < 1.29 is 13.6 Å². The molecular weight excluding hydrogens is 346 g/mol. The van der Waals surface area contributed by atoms with Crippen LogP contribution in [-0.2, 0) is 11.2 Å². The van der Waals surface area contributed by atoms with Gasteiger partial charge in [0, 0.05) is 32.6 Å². The molecule has 3 nitrogen and oxygen atoms in total. The lowest BCUT2D eigenvalue weighted by Crippen LogP contribution is -2.49. The molecule has 2 aromatic carbocycles. The van der Waals surface area contributed by atoms with Crippen LogP contribution in [-0.4, -0.2) is 37.0 Å². The van der Waals surface area contributed by atoms with Crippen molar-refractivity contribution >= 4 is 23.2 Å². The van der Waals surface area contributed by atoms with Crippen molar-refractivity contribution in [2.24, 2.45) is 0 Å². The Labute approximate surface area is 150 Å². The zero-order valence-corrected chi connectivity index (χ0v) is 14.5. The highest BCUT2D eigenvalue weighted by Crippen LogP contribution is 2.26. The summed E-state index contributed by atoms with van der Waals surface area (Å²) in [4.78, 5) is 16.3. The van der Waals surface area contributed by atoms with Crippen LogP contribution in [0.15, 0.2) is 42.5 Å². The zero-order valence-electron chi connectivity index (χ0n) is 13.7. The summed E-state index contributed by atoms with van der Waals surface area (Å²) in [5.74, 6) is -1.00. The first-order valence-corrected chi connectivity index (χ1v) is 8.63. The Morgan fingerprint density at radius 1 is 1.04 bits per heavy atom. The van der Waals surface area contributed by atoms with E-state index in [1.54, 1.807) is 4.90 Å². The maximum Gasteiger partial charge on any atom is 0.223 e. The number of hydrogen-bond donors (Lipinski definition) is 0. The number of anilines is 1. The van der Waals surface area contributed by atoms with Crippen LogP contribution in [0, 0.1) is 11.6 Å². The van der Waals surface area contributed by atoms with Gasteiger partial charge >= 0.3 is 0 Å². The minimum absolute atomic E-state index is 0.0394. The van der Waals surface area contributed by atoms with Crippen molar-refractivity contribution in [3.8, 4) is 0 Å². The highest BCUT2D eigenvalue weighted by atomic mass is 35.5. The summed E-state index contributed by atoms with van der Waals surface area (Å²) in [5, 5.41) is 0.698.